The highest BCUT2D eigenvalue weighted by molar-refractivity contribution is 4.97. The second kappa shape index (κ2) is 7.49. The average molecular weight is 412 g/mol. The zero-order chi connectivity index (χ0) is 21.2. The van der Waals surface area contributed by atoms with Gasteiger partial charge in [0.05, 0.1) is 0 Å². The normalized spacial score (nSPS) is 15.8. The van der Waals surface area contributed by atoms with Crippen molar-refractivity contribution in [2.45, 2.75) is 64.2 Å². The lowest BCUT2D eigenvalue weighted by molar-refractivity contribution is -0.337. The Morgan fingerprint density at radius 3 is 1.19 bits per heavy atom. The lowest BCUT2D eigenvalue weighted by atomic mass is 9.83. The molecular weight excluding hydrogens is 396 g/mol. The Labute approximate surface area is 141 Å². The smallest absolute Gasteiger partial charge is 0.170 e. The van der Waals surface area contributed by atoms with Crippen molar-refractivity contribution >= 4 is 0 Å². The predicted molar refractivity (Wildman–Crippen MR) is 68.0 cm³/mol. The maximum absolute atomic E-state index is 12.6. The molecule has 0 heterocycles. The van der Waals surface area contributed by atoms with Gasteiger partial charge in [0, 0.05) is 0 Å². The third kappa shape index (κ3) is 5.21. The molecule has 0 unspecified atom stereocenters. The van der Waals surface area contributed by atoms with E-state index in [0.717, 1.165) is 0 Å². The fraction of sp³-hybridized carbons (Fsp3) is 0.857. The van der Waals surface area contributed by atoms with E-state index in [9.17, 15) is 52.7 Å². The number of halogens is 12. The Balaban J connectivity index is 4.94. The zero-order valence-corrected chi connectivity index (χ0v) is 13.5. The summed E-state index contributed by atoms with van der Waals surface area (Å²) < 4.78 is 151. The highest BCUT2D eigenvalue weighted by Gasteiger charge is 2.67. The fourth-order valence-electron chi connectivity index (χ4n) is 1.85. The third-order valence-electron chi connectivity index (χ3n) is 4.24. The Bertz CT molecular complexity index is 446. The molecule has 0 radical (unpaired) electrons. The Kier molecular flexibility index (Phi) is 7.18. The van der Waals surface area contributed by atoms with E-state index in [1.807, 2.05) is 0 Å². The number of hydrogen-bond acceptors (Lipinski definition) is 0. The molecular formula is C14H16F12. The predicted octanol–water partition coefficient (Wildman–Crippen LogP) is 7.36. The molecule has 0 aromatic rings. The Hall–Kier alpha value is -1.10. The van der Waals surface area contributed by atoms with Gasteiger partial charge < -0.3 is 0 Å². The third-order valence-corrected chi connectivity index (χ3v) is 4.24. The maximum atomic E-state index is 12.6. The first-order valence-electron chi connectivity index (χ1n) is 7.12. The molecule has 0 bridgehead atoms. The molecule has 0 atom stereocenters. The quantitative estimate of drug-likeness (QED) is 0.243. The molecule has 0 aliphatic rings. The van der Waals surface area contributed by atoms with Gasteiger partial charge in [-0.1, -0.05) is 12.2 Å². The van der Waals surface area contributed by atoms with E-state index in [4.69, 9.17) is 0 Å². The largest absolute Gasteiger partial charge is 0.403 e. The van der Waals surface area contributed by atoms with Crippen LogP contribution in [0.15, 0.2) is 12.2 Å². The summed E-state index contributed by atoms with van der Waals surface area (Å²) in [5.74, 6) is 0. The highest BCUT2D eigenvalue weighted by atomic mass is 19.4. The monoisotopic (exact) mass is 412 g/mol. The highest BCUT2D eigenvalue weighted by Crippen LogP contribution is 2.54. The van der Waals surface area contributed by atoms with Gasteiger partial charge in [-0.05, 0) is 39.5 Å². The molecule has 0 aliphatic carbocycles. The second-order valence-corrected chi connectivity index (χ2v) is 6.22. The summed E-state index contributed by atoms with van der Waals surface area (Å²) in [6, 6.07) is 0. The first-order chi connectivity index (χ1) is 11.2. The van der Waals surface area contributed by atoms with Gasteiger partial charge in [0.15, 0.2) is 10.8 Å². The lowest BCUT2D eigenvalue weighted by Crippen LogP contribution is -2.47. The summed E-state index contributed by atoms with van der Waals surface area (Å²) in [5, 5.41) is 0. The lowest BCUT2D eigenvalue weighted by Gasteiger charge is -2.34. The van der Waals surface area contributed by atoms with Crippen LogP contribution in [0.1, 0.15) is 39.5 Å². The molecule has 0 aromatic carbocycles. The summed E-state index contributed by atoms with van der Waals surface area (Å²) >= 11 is 0. The van der Waals surface area contributed by atoms with Crippen LogP contribution in [0.4, 0.5) is 52.7 Å². The SMILES string of the molecule is CC(C/C=C\CCCC(C)(C(F)(F)F)C(F)(F)F)(C(F)(F)F)C(F)(F)F. The second-order valence-electron chi connectivity index (χ2n) is 6.22. The molecule has 0 saturated heterocycles. The van der Waals surface area contributed by atoms with Crippen LogP contribution in [0.3, 0.4) is 0 Å². The Morgan fingerprint density at radius 1 is 0.538 bits per heavy atom. The van der Waals surface area contributed by atoms with Crippen LogP contribution in [0, 0.1) is 10.8 Å². The molecule has 0 rings (SSSR count). The molecule has 0 spiro atoms. The topological polar surface area (TPSA) is 0 Å². The van der Waals surface area contributed by atoms with Gasteiger partial charge in [0.2, 0.25) is 0 Å². The molecule has 26 heavy (non-hydrogen) atoms. The first-order valence-corrected chi connectivity index (χ1v) is 7.12. The summed E-state index contributed by atoms with van der Waals surface area (Å²) in [6.45, 7) is -0.136. The van der Waals surface area contributed by atoms with Gasteiger partial charge in [0.25, 0.3) is 0 Å². The molecule has 0 saturated carbocycles. The van der Waals surface area contributed by atoms with Crippen molar-refractivity contribution in [2.24, 2.45) is 10.8 Å². The van der Waals surface area contributed by atoms with E-state index < -0.39 is 61.2 Å². The molecule has 0 aliphatic heterocycles. The number of hydrogen-bond donors (Lipinski definition) is 0. The van der Waals surface area contributed by atoms with Crippen molar-refractivity contribution < 1.29 is 52.7 Å². The summed E-state index contributed by atoms with van der Waals surface area (Å²) in [5.41, 5.74) is -8.08. The van der Waals surface area contributed by atoms with Crippen molar-refractivity contribution in [2.75, 3.05) is 0 Å². The van der Waals surface area contributed by atoms with Gasteiger partial charge in [0.1, 0.15) is 0 Å². The van der Waals surface area contributed by atoms with Crippen LogP contribution < -0.4 is 0 Å². The maximum Gasteiger partial charge on any atom is 0.403 e. The molecule has 0 fully saturated rings. The first kappa shape index (κ1) is 24.9. The van der Waals surface area contributed by atoms with Crippen molar-refractivity contribution in [1.82, 2.24) is 0 Å². The number of allylic oxidation sites excluding steroid dienone is 2. The van der Waals surface area contributed by atoms with E-state index in [-0.39, 0.29) is 13.8 Å². The molecule has 12 heteroatoms. The van der Waals surface area contributed by atoms with E-state index in [1.165, 1.54) is 0 Å². The zero-order valence-electron chi connectivity index (χ0n) is 13.5. The van der Waals surface area contributed by atoms with Crippen LogP contribution in [0.5, 0.6) is 0 Å². The van der Waals surface area contributed by atoms with Crippen molar-refractivity contribution in [3.8, 4) is 0 Å². The van der Waals surface area contributed by atoms with Crippen molar-refractivity contribution in [3.63, 3.8) is 0 Å². The van der Waals surface area contributed by atoms with E-state index in [1.54, 1.807) is 0 Å². The standard InChI is InChI=1S/C14H16F12/c1-9(11(15,16)17,12(18,19)20)7-5-3-4-6-8-10(2,13(21,22)23)14(24,25)26/h3,5H,4,6-8H2,1-2H3/b5-3-. The van der Waals surface area contributed by atoms with E-state index in [0.29, 0.717) is 12.2 Å². The van der Waals surface area contributed by atoms with Crippen LogP contribution in [0.25, 0.3) is 0 Å². The minimum Gasteiger partial charge on any atom is -0.170 e. The Morgan fingerprint density at radius 2 is 0.885 bits per heavy atom. The van der Waals surface area contributed by atoms with E-state index in [2.05, 4.69) is 0 Å². The van der Waals surface area contributed by atoms with Gasteiger partial charge in [-0.15, -0.1) is 0 Å². The van der Waals surface area contributed by atoms with Crippen molar-refractivity contribution in [1.29, 1.82) is 0 Å². The molecule has 0 N–H and O–H groups in total. The fourth-order valence-corrected chi connectivity index (χ4v) is 1.85. The van der Waals surface area contributed by atoms with Crippen molar-refractivity contribution in [3.05, 3.63) is 12.2 Å². The van der Waals surface area contributed by atoms with Gasteiger partial charge in [-0.25, -0.2) is 0 Å². The molecule has 0 aromatic heterocycles. The van der Waals surface area contributed by atoms with Crippen LogP contribution in [-0.2, 0) is 0 Å². The number of unbranched alkanes of at least 4 members (excludes halogenated alkanes) is 1. The average Bonchev–Trinajstić information content (AvgIpc) is 2.36. The van der Waals surface area contributed by atoms with Gasteiger partial charge >= 0.3 is 24.7 Å². The minimum atomic E-state index is -5.62. The number of alkyl halides is 12. The summed E-state index contributed by atoms with van der Waals surface area (Å²) in [6.07, 6.45) is -25.5. The van der Waals surface area contributed by atoms with E-state index >= 15 is 0 Å². The minimum absolute atomic E-state index is 0.0545. The summed E-state index contributed by atoms with van der Waals surface area (Å²) in [7, 11) is 0. The molecule has 0 nitrogen and oxygen atoms in total. The number of rotatable bonds is 6. The van der Waals surface area contributed by atoms with Crippen LogP contribution in [0.2, 0.25) is 0 Å². The molecule has 0 amide bonds. The summed E-state index contributed by atoms with van der Waals surface area (Å²) in [4.78, 5) is 0. The van der Waals surface area contributed by atoms with Crippen LogP contribution >= 0.6 is 0 Å². The van der Waals surface area contributed by atoms with Gasteiger partial charge in [-0.3, -0.25) is 0 Å². The molecule has 156 valence electrons. The van der Waals surface area contributed by atoms with Crippen LogP contribution in [-0.4, -0.2) is 24.7 Å². The van der Waals surface area contributed by atoms with Gasteiger partial charge in [-0.2, -0.15) is 52.7 Å².